The Bertz CT molecular complexity index is 427. The Kier molecular flexibility index (Phi) is 5.73. The van der Waals surface area contributed by atoms with Crippen LogP contribution < -0.4 is 5.32 Å². The Morgan fingerprint density at radius 2 is 1.86 bits per heavy atom. The van der Waals surface area contributed by atoms with E-state index in [1.54, 1.807) is 12.1 Å². The van der Waals surface area contributed by atoms with Crippen LogP contribution in [0.3, 0.4) is 0 Å². The molecule has 118 valence electrons. The molecule has 1 fully saturated rings. The van der Waals surface area contributed by atoms with Crippen LogP contribution in [0.25, 0.3) is 0 Å². The summed E-state index contributed by atoms with van der Waals surface area (Å²) < 4.78 is 18.7. The molecule has 1 atom stereocenters. The minimum Gasteiger partial charge on any atom is -0.379 e. The standard InChI is InChI=1S/C17H27FN2O/c1-4-9-19-16(14-5-7-15(18)8-6-14)17(2,3)20-10-12-21-13-11-20/h5-8,16,19H,4,9-13H2,1-3H3. The van der Waals surface area contributed by atoms with E-state index in [1.807, 2.05) is 12.1 Å². The Hall–Kier alpha value is -0.970. The van der Waals surface area contributed by atoms with Crippen LogP contribution in [0.15, 0.2) is 24.3 Å². The number of halogens is 1. The van der Waals surface area contributed by atoms with Gasteiger partial charge in [0, 0.05) is 18.6 Å². The normalized spacial score (nSPS) is 18.7. The number of hydrogen-bond donors (Lipinski definition) is 1. The van der Waals surface area contributed by atoms with Crippen molar-refractivity contribution in [3.63, 3.8) is 0 Å². The molecule has 3 nitrogen and oxygen atoms in total. The van der Waals surface area contributed by atoms with Crippen molar-refractivity contribution < 1.29 is 9.13 Å². The number of ether oxygens (including phenoxy) is 1. The van der Waals surface area contributed by atoms with Gasteiger partial charge in [0.25, 0.3) is 0 Å². The molecule has 21 heavy (non-hydrogen) atoms. The van der Waals surface area contributed by atoms with E-state index in [1.165, 1.54) is 0 Å². The zero-order valence-electron chi connectivity index (χ0n) is 13.4. The summed E-state index contributed by atoms with van der Waals surface area (Å²) in [4.78, 5) is 2.47. The largest absolute Gasteiger partial charge is 0.379 e. The summed E-state index contributed by atoms with van der Waals surface area (Å²) in [6.45, 7) is 11.1. The molecule has 1 saturated heterocycles. The van der Waals surface area contributed by atoms with Crippen LogP contribution >= 0.6 is 0 Å². The van der Waals surface area contributed by atoms with Gasteiger partial charge in [-0.25, -0.2) is 4.39 Å². The Morgan fingerprint density at radius 1 is 1.24 bits per heavy atom. The Morgan fingerprint density at radius 3 is 2.43 bits per heavy atom. The quantitative estimate of drug-likeness (QED) is 0.873. The molecule has 1 heterocycles. The van der Waals surface area contributed by atoms with E-state index in [9.17, 15) is 4.39 Å². The molecule has 1 aliphatic heterocycles. The van der Waals surface area contributed by atoms with Crippen molar-refractivity contribution in [2.45, 2.75) is 38.8 Å². The van der Waals surface area contributed by atoms with Crippen molar-refractivity contribution in [3.8, 4) is 0 Å². The van der Waals surface area contributed by atoms with E-state index in [0.29, 0.717) is 0 Å². The van der Waals surface area contributed by atoms with Crippen LogP contribution in [0.5, 0.6) is 0 Å². The predicted octanol–water partition coefficient (Wildman–Crippen LogP) is 2.98. The van der Waals surface area contributed by atoms with Crippen molar-refractivity contribution in [2.75, 3.05) is 32.8 Å². The highest BCUT2D eigenvalue weighted by Crippen LogP contribution is 2.32. The van der Waals surface area contributed by atoms with Gasteiger partial charge >= 0.3 is 0 Å². The highest BCUT2D eigenvalue weighted by atomic mass is 19.1. The first kappa shape index (κ1) is 16.4. The third-order valence-electron chi connectivity index (χ3n) is 4.33. The predicted molar refractivity (Wildman–Crippen MR) is 83.9 cm³/mol. The monoisotopic (exact) mass is 294 g/mol. The third kappa shape index (κ3) is 4.02. The summed E-state index contributed by atoms with van der Waals surface area (Å²) in [6.07, 6.45) is 1.08. The second-order valence-corrected chi connectivity index (χ2v) is 6.19. The molecule has 0 saturated carbocycles. The summed E-state index contributed by atoms with van der Waals surface area (Å²) in [5.41, 5.74) is 1.10. The summed E-state index contributed by atoms with van der Waals surface area (Å²) in [6, 6.07) is 7.06. The van der Waals surface area contributed by atoms with Crippen LogP contribution in [0, 0.1) is 5.82 Å². The molecule has 1 aromatic carbocycles. The van der Waals surface area contributed by atoms with E-state index in [4.69, 9.17) is 4.74 Å². The van der Waals surface area contributed by atoms with Gasteiger partial charge in [0.15, 0.2) is 0 Å². The van der Waals surface area contributed by atoms with Crippen LogP contribution in [0.1, 0.15) is 38.8 Å². The molecule has 0 aliphatic carbocycles. The van der Waals surface area contributed by atoms with Crippen molar-refractivity contribution in [3.05, 3.63) is 35.6 Å². The molecule has 0 spiro atoms. The van der Waals surface area contributed by atoms with Gasteiger partial charge in [0.2, 0.25) is 0 Å². The summed E-state index contributed by atoms with van der Waals surface area (Å²) in [5.74, 6) is -0.183. The van der Waals surface area contributed by atoms with Gasteiger partial charge in [-0.15, -0.1) is 0 Å². The summed E-state index contributed by atoms with van der Waals surface area (Å²) in [5, 5.41) is 3.64. The van der Waals surface area contributed by atoms with Gasteiger partial charge in [-0.1, -0.05) is 19.1 Å². The highest BCUT2D eigenvalue weighted by molar-refractivity contribution is 5.23. The fourth-order valence-electron chi connectivity index (χ4n) is 3.04. The molecule has 0 amide bonds. The highest BCUT2D eigenvalue weighted by Gasteiger charge is 2.36. The van der Waals surface area contributed by atoms with E-state index >= 15 is 0 Å². The van der Waals surface area contributed by atoms with Crippen LogP contribution in [-0.2, 0) is 4.74 Å². The molecule has 1 N–H and O–H groups in total. The fourth-order valence-corrected chi connectivity index (χ4v) is 3.04. The maximum absolute atomic E-state index is 13.2. The fraction of sp³-hybridized carbons (Fsp3) is 0.647. The van der Waals surface area contributed by atoms with E-state index in [0.717, 1.165) is 44.8 Å². The molecule has 1 unspecified atom stereocenters. The molecule has 2 rings (SSSR count). The molecule has 0 bridgehead atoms. The summed E-state index contributed by atoms with van der Waals surface area (Å²) >= 11 is 0. The average Bonchev–Trinajstić information content (AvgIpc) is 2.50. The van der Waals surface area contributed by atoms with Gasteiger partial charge in [-0.3, -0.25) is 4.90 Å². The number of nitrogens with zero attached hydrogens (tertiary/aromatic N) is 1. The van der Waals surface area contributed by atoms with Crippen molar-refractivity contribution in [2.24, 2.45) is 0 Å². The van der Waals surface area contributed by atoms with Gasteiger partial charge in [-0.2, -0.15) is 0 Å². The molecular formula is C17H27FN2O. The molecule has 0 radical (unpaired) electrons. The Balaban J connectivity index is 2.22. The van der Waals surface area contributed by atoms with Crippen molar-refractivity contribution in [1.82, 2.24) is 10.2 Å². The second-order valence-electron chi connectivity index (χ2n) is 6.19. The van der Waals surface area contributed by atoms with Crippen molar-refractivity contribution >= 4 is 0 Å². The smallest absolute Gasteiger partial charge is 0.123 e. The van der Waals surface area contributed by atoms with E-state index < -0.39 is 0 Å². The first-order valence-corrected chi connectivity index (χ1v) is 7.87. The number of nitrogens with one attached hydrogen (secondary N) is 1. The van der Waals surface area contributed by atoms with Gasteiger partial charge < -0.3 is 10.1 Å². The lowest BCUT2D eigenvalue weighted by Crippen LogP contribution is -2.56. The third-order valence-corrected chi connectivity index (χ3v) is 4.33. The van der Waals surface area contributed by atoms with Crippen LogP contribution in [0.4, 0.5) is 4.39 Å². The maximum Gasteiger partial charge on any atom is 0.123 e. The average molecular weight is 294 g/mol. The van der Waals surface area contributed by atoms with Crippen LogP contribution in [-0.4, -0.2) is 43.3 Å². The van der Waals surface area contributed by atoms with Gasteiger partial charge in [0.1, 0.15) is 5.82 Å². The second kappa shape index (κ2) is 7.34. The van der Waals surface area contributed by atoms with E-state index in [2.05, 4.69) is 31.0 Å². The number of benzene rings is 1. The molecule has 0 aromatic heterocycles. The zero-order chi connectivity index (χ0) is 15.3. The molecule has 1 aliphatic rings. The number of rotatable bonds is 6. The van der Waals surface area contributed by atoms with Crippen molar-refractivity contribution in [1.29, 1.82) is 0 Å². The zero-order valence-corrected chi connectivity index (χ0v) is 13.4. The SMILES string of the molecule is CCCNC(c1ccc(F)cc1)C(C)(C)N1CCOCC1. The molecule has 4 heteroatoms. The minimum atomic E-state index is -0.183. The lowest BCUT2D eigenvalue weighted by atomic mass is 9.86. The molecular weight excluding hydrogens is 267 g/mol. The Labute approximate surface area is 127 Å². The van der Waals surface area contributed by atoms with Gasteiger partial charge in [0.05, 0.1) is 19.3 Å². The summed E-state index contributed by atoms with van der Waals surface area (Å²) in [7, 11) is 0. The van der Waals surface area contributed by atoms with Gasteiger partial charge in [-0.05, 0) is 44.5 Å². The van der Waals surface area contributed by atoms with Crippen LogP contribution in [0.2, 0.25) is 0 Å². The number of hydrogen-bond acceptors (Lipinski definition) is 3. The lowest BCUT2D eigenvalue weighted by Gasteiger charge is -2.46. The lowest BCUT2D eigenvalue weighted by molar-refractivity contribution is -0.0238. The first-order valence-electron chi connectivity index (χ1n) is 7.87. The first-order chi connectivity index (χ1) is 10.1. The van der Waals surface area contributed by atoms with E-state index in [-0.39, 0.29) is 17.4 Å². The number of morpholine rings is 1. The molecule has 1 aromatic rings. The maximum atomic E-state index is 13.2. The topological polar surface area (TPSA) is 24.5 Å². The minimum absolute atomic E-state index is 0.0449.